The largest absolute Gasteiger partial charge is 0.480 e. The summed E-state index contributed by atoms with van der Waals surface area (Å²) in [5, 5.41) is 11.6. The predicted octanol–water partition coefficient (Wildman–Crippen LogP) is 2.74. The molecule has 0 aliphatic rings. The van der Waals surface area contributed by atoms with Crippen LogP contribution in [0.2, 0.25) is 0 Å². The van der Waals surface area contributed by atoms with E-state index in [-0.39, 0.29) is 29.2 Å². The highest BCUT2D eigenvalue weighted by Gasteiger charge is 2.21. The van der Waals surface area contributed by atoms with Crippen LogP contribution in [0.5, 0.6) is 0 Å². The van der Waals surface area contributed by atoms with Gasteiger partial charge in [0.1, 0.15) is 18.0 Å². The van der Waals surface area contributed by atoms with Gasteiger partial charge < -0.3 is 15.4 Å². The zero-order valence-electron chi connectivity index (χ0n) is 18.1. The Balaban J connectivity index is 2.05. The number of hydrogen-bond donors (Lipinski definition) is 3. The Morgan fingerprint density at radius 3 is 2.32 bits per heavy atom. The van der Waals surface area contributed by atoms with Crippen molar-refractivity contribution in [3.8, 4) is 0 Å². The van der Waals surface area contributed by atoms with Gasteiger partial charge in [0.15, 0.2) is 5.52 Å². The standard InChI is InChI=1S/C22H29N5O4/c1-4-11-26-20-18(21(30)27(12-5-2)22(26)31)24-19(25-20)16(6-3)14-7-9-15(10-8-14)23-13-17(28)29/h7-10,16,23H,4-6,11-13H2,1-3H3,(H,24,25)(H,28,29). The Hall–Kier alpha value is -3.36. The highest BCUT2D eigenvalue weighted by Crippen LogP contribution is 2.27. The van der Waals surface area contributed by atoms with E-state index in [1.165, 1.54) is 4.57 Å². The van der Waals surface area contributed by atoms with Crippen molar-refractivity contribution in [1.29, 1.82) is 0 Å². The lowest BCUT2D eigenvalue weighted by atomic mass is 9.95. The number of carbonyl (C=O) groups is 1. The molecular formula is C22H29N5O4. The number of H-pyrrole nitrogens is 1. The molecule has 0 aliphatic carbocycles. The summed E-state index contributed by atoms with van der Waals surface area (Å²) in [6, 6.07) is 7.48. The average molecular weight is 428 g/mol. The first-order valence-corrected chi connectivity index (χ1v) is 10.7. The third-order valence-corrected chi connectivity index (χ3v) is 5.27. The maximum Gasteiger partial charge on any atom is 0.332 e. The maximum absolute atomic E-state index is 12.9. The molecule has 9 heteroatoms. The molecule has 0 radical (unpaired) electrons. The number of imidazole rings is 1. The lowest BCUT2D eigenvalue weighted by Gasteiger charge is -2.13. The van der Waals surface area contributed by atoms with Gasteiger partial charge in [0.25, 0.3) is 5.56 Å². The van der Waals surface area contributed by atoms with E-state index in [1.54, 1.807) is 4.57 Å². The average Bonchev–Trinajstić information content (AvgIpc) is 3.19. The van der Waals surface area contributed by atoms with E-state index in [4.69, 9.17) is 5.11 Å². The quantitative estimate of drug-likeness (QED) is 0.457. The lowest BCUT2D eigenvalue weighted by Crippen LogP contribution is -2.40. The van der Waals surface area contributed by atoms with Crippen LogP contribution in [0.25, 0.3) is 11.2 Å². The summed E-state index contributed by atoms with van der Waals surface area (Å²) in [6.07, 6.45) is 2.18. The summed E-state index contributed by atoms with van der Waals surface area (Å²) in [5.74, 6) is -0.380. The van der Waals surface area contributed by atoms with Crippen LogP contribution in [0.1, 0.15) is 57.3 Å². The van der Waals surface area contributed by atoms with Crippen LogP contribution >= 0.6 is 0 Å². The summed E-state index contributed by atoms with van der Waals surface area (Å²) in [4.78, 5) is 44.4. The first-order valence-electron chi connectivity index (χ1n) is 10.7. The molecular weight excluding hydrogens is 398 g/mol. The van der Waals surface area contributed by atoms with Crippen LogP contribution in [-0.2, 0) is 17.9 Å². The van der Waals surface area contributed by atoms with Crippen LogP contribution in [0.4, 0.5) is 5.69 Å². The van der Waals surface area contributed by atoms with Crippen LogP contribution in [-0.4, -0.2) is 36.7 Å². The van der Waals surface area contributed by atoms with Gasteiger partial charge in [-0.05, 0) is 37.0 Å². The van der Waals surface area contributed by atoms with Crippen LogP contribution in [0.15, 0.2) is 33.9 Å². The van der Waals surface area contributed by atoms with Gasteiger partial charge in [-0.3, -0.25) is 18.7 Å². The second-order valence-corrected chi connectivity index (χ2v) is 7.54. The van der Waals surface area contributed by atoms with Crippen molar-refractivity contribution >= 4 is 22.8 Å². The van der Waals surface area contributed by atoms with Gasteiger partial charge in [0, 0.05) is 24.7 Å². The molecule has 1 aromatic carbocycles. The fourth-order valence-electron chi connectivity index (χ4n) is 3.80. The van der Waals surface area contributed by atoms with Crippen LogP contribution < -0.4 is 16.6 Å². The molecule has 1 unspecified atom stereocenters. The Morgan fingerprint density at radius 2 is 1.74 bits per heavy atom. The topological polar surface area (TPSA) is 122 Å². The molecule has 2 aromatic heterocycles. The van der Waals surface area contributed by atoms with Crippen LogP contribution in [0, 0.1) is 0 Å². The molecule has 3 aromatic rings. The number of rotatable bonds is 10. The minimum absolute atomic E-state index is 0.0925. The van der Waals surface area contributed by atoms with E-state index >= 15 is 0 Å². The maximum atomic E-state index is 12.9. The minimum atomic E-state index is -0.926. The number of anilines is 1. The highest BCUT2D eigenvalue weighted by atomic mass is 16.4. The second kappa shape index (κ2) is 9.63. The third kappa shape index (κ3) is 4.55. The number of nitrogens with zero attached hydrogens (tertiary/aromatic N) is 3. The van der Waals surface area contributed by atoms with Gasteiger partial charge in [-0.15, -0.1) is 0 Å². The molecule has 0 aliphatic heterocycles. The summed E-state index contributed by atoms with van der Waals surface area (Å²) in [6.45, 7) is 6.66. The Morgan fingerprint density at radius 1 is 1.10 bits per heavy atom. The molecule has 0 fully saturated rings. The Kier molecular flexibility index (Phi) is 6.94. The molecule has 1 atom stereocenters. The molecule has 166 valence electrons. The van der Waals surface area contributed by atoms with Gasteiger partial charge in [0.05, 0.1) is 0 Å². The second-order valence-electron chi connectivity index (χ2n) is 7.54. The number of carboxylic acid groups (broad SMARTS) is 1. The van der Waals surface area contributed by atoms with E-state index in [2.05, 4.69) is 15.3 Å². The first-order chi connectivity index (χ1) is 14.9. The Bertz CT molecular complexity index is 1170. The van der Waals surface area contributed by atoms with Crippen molar-refractivity contribution < 1.29 is 9.90 Å². The summed E-state index contributed by atoms with van der Waals surface area (Å²) in [7, 11) is 0. The zero-order valence-corrected chi connectivity index (χ0v) is 18.1. The van der Waals surface area contributed by atoms with Crippen LogP contribution in [0.3, 0.4) is 0 Å². The van der Waals surface area contributed by atoms with E-state index < -0.39 is 5.97 Å². The number of fused-ring (bicyclic) bond motifs is 1. The molecule has 0 bridgehead atoms. The van der Waals surface area contributed by atoms with Gasteiger partial charge in [-0.25, -0.2) is 9.78 Å². The number of aliphatic carboxylic acids is 1. The molecule has 9 nitrogen and oxygen atoms in total. The van der Waals surface area contributed by atoms with Gasteiger partial charge in [-0.2, -0.15) is 0 Å². The van der Waals surface area contributed by atoms with E-state index in [9.17, 15) is 14.4 Å². The fourth-order valence-corrected chi connectivity index (χ4v) is 3.80. The van der Waals surface area contributed by atoms with E-state index in [0.717, 1.165) is 18.4 Å². The highest BCUT2D eigenvalue weighted by molar-refractivity contribution is 5.73. The number of carboxylic acids is 1. The van der Waals surface area contributed by atoms with Gasteiger partial charge >= 0.3 is 11.7 Å². The number of hydrogen-bond acceptors (Lipinski definition) is 5. The molecule has 0 saturated heterocycles. The van der Waals surface area contributed by atoms with E-state index in [0.29, 0.717) is 36.7 Å². The molecule has 3 rings (SSSR count). The van der Waals surface area contributed by atoms with Gasteiger partial charge in [0.2, 0.25) is 0 Å². The number of nitrogens with one attached hydrogen (secondary N) is 2. The fraction of sp³-hybridized carbons (Fsp3) is 0.455. The summed E-state index contributed by atoms with van der Waals surface area (Å²) >= 11 is 0. The van der Waals surface area contributed by atoms with E-state index in [1.807, 2.05) is 45.0 Å². The van der Waals surface area contributed by atoms with Crippen molar-refractivity contribution in [2.75, 3.05) is 11.9 Å². The number of aromatic nitrogens is 4. The third-order valence-electron chi connectivity index (χ3n) is 5.27. The number of aryl methyl sites for hydroxylation is 1. The van der Waals surface area contributed by atoms with Crippen molar-refractivity contribution in [2.45, 2.75) is 59.0 Å². The van der Waals surface area contributed by atoms with Gasteiger partial charge in [-0.1, -0.05) is 32.9 Å². The van der Waals surface area contributed by atoms with Crippen molar-refractivity contribution in [2.24, 2.45) is 0 Å². The number of aromatic amines is 1. The number of benzene rings is 1. The molecule has 0 spiro atoms. The molecule has 31 heavy (non-hydrogen) atoms. The molecule has 0 saturated carbocycles. The van der Waals surface area contributed by atoms with Crippen molar-refractivity contribution in [1.82, 2.24) is 19.1 Å². The normalized spacial score (nSPS) is 12.2. The first kappa shape index (κ1) is 22.3. The zero-order chi connectivity index (χ0) is 22.5. The van der Waals surface area contributed by atoms with Crippen molar-refractivity contribution in [3.05, 3.63) is 56.5 Å². The monoisotopic (exact) mass is 427 g/mol. The molecule has 2 heterocycles. The minimum Gasteiger partial charge on any atom is -0.480 e. The molecule has 3 N–H and O–H groups in total. The summed E-state index contributed by atoms with van der Waals surface area (Å²) < 4.78 is 2.88. The predicted molar refractivity (Wildman–Crippen MR) is 120 cm³/mol. The summed E-state index contributed by atoms with van der Waals surface area (Å²) in [5.41, 5.74) is 1.79. The lowest BCUT2D eigenvalue weighted by molar-refractivity contribution is -0.134. The van der Waals surface area contributed by atoms with Crippen molar-refractivity contribution in [3.63, 3.8) is 0 Å². The molecule has 0 amide bonds. The Labute approximate surface area is 179 Å². The smallest absolute Gasteiger partial charge is 0.332 e. The SMILES string of the molecule is CCCn1c(=O)c2nc(C(CC)c3ccc(NCC(=O)O)cc3)[nH]c2n(CCC)c1=O.